The van der Waals surface area contributed by atoms with Gasteiger partial charge >= 0.3 is 6.03 Å². The number of halogens is 2. The van der Waals surface area contributed by atoms with E-state index in [-0.39, 0.29) is 23.8 Å². The lowest BCUT2D eigenvalue weighted by Gasteiger charge is -2.38. The van der Waals surface area contributed by atoms with E-state index in [0.717, 1.165) is 11.3 Å². The summed E-state index contributed by atoms with van der Waals surface area (Å²) in [6.07, 6.45) is 4.87. The molecule has 2 aliphatic heterocycles. The molecule has 2 aromatic rings. The van der Waals surface area contributed by atoms with Crippen LogP contribution in [0, 0.1) is 5.92 Å². The molecule has 2 fully saturated rings. The fourth-order valence-corrected chi connectivity index (χ4v) is 6.04. The number of urea groups is 1. The highest BCUT2D eigenvalue weighted by molar-refractivity contribution is 9.11. The van der Waals surface area contributed by atoms with Crippen LogP contribution in [-0.2, 0) is 16.0 Å². The lowest BCUT2D eigenvalue weighted by molar-refractivity contribution is -0.133. The minimum atomic E-state index is -0.753. The van der Waals surface area contributed by atoms with Gasteiger partial charge in [0.25, 0.3) is 0 Å². The summed E-state index contributed by atoms with van der Waals surface area (Å²) < 4.78 is 1.43. The summed E-state index contributed by atoms with van der Waals surface area (Å²) in [4.78, 5) is 48.1. The van der Waals surface area contributed by atoms with E-state index in [1.165, 1.54) is 0 Å². The molecule has 5 N–H and O–H groups in total. The number of carbonyl (C=O) groups is 3. The van der Waals surface area contributed by atoms with Gasteiger partial charge in [0.1, 0.15) is 6.04 Å². The number of likely N-dealkylation sites (tertiary alicyclic amines) is 1. The Balaban J connectivity index is 1.46. The largest absolute Gasteiger partial charge is 0.397 e. The number of primary amides is 1. The van der Waals surface area contributed by atoms with Crippen LogP contribution in [-0.4, -0.2) is 77.9 Å². The third kappa shape index (κ3) is 6.72. The van der Waals surface area contributed by atoms with Gasteiger partial charge in [-0.3, -0.25) is 14.6 Å². The quantitative estimate of drug-likeness (QED) is 0.416. The van der Waals surface area contributed by atoms with Crippen molar-refractivity contribution in [3.8, 4) is 0 Å². The number of aromatic nitrogens is 1. The van der Waals surface area contributed by atoms with Crippen LogP contribution in [0.15, 0.2) is 45.6 Å². The summed E-state index contributed by atoms with van der Waals surface area (Å²) >= 11 is 6.93. The minimum absolute atomic E-state index is 0.126. The first-order chi connectivity index (χ1) is 17.7. The normalized spacial score (nSPS) is 17.4. The van der Waals surface area contributed by atoms with Crippen LogP contribution in [0.1, 0.15) is 18.4 Å². The summed E-state index contributed by atoms with van der Waals surface area (Å²) in [6.45, 7) is 3.32. The number of nitrogens with one attached hydrogen (secondary N) is 1. The fraction of sp³-hybridized carbons (Fsp3) is 0.440. The van der Waals surface area contributed by atoms with Crippen molar-refractivity contribution in [2.45, 2.75) is 25.3 Å². The average molecular weight is 637 g/mol. The summed E-state index contributed by atoms with van der Waals surface area (Å²) in [5.41, 5.74) is 14.0. The van der Waals surface area contributed by atoms with Crippen LogP contribution in [0.3, 0.4) is 0 Å². The van der Waals surface area contributed by atoms with Crippen molar-refractivity contribution in [3.05, 3.63) is 51.2 Å². The molecule has 0 bridgehead atoms. The van der Waals surface area contributed by atoms with Crippen molar-refractivity contribution in [1.82, 2.24) is 20.1 Å². The van der Waals surface area contributed by atoms with E-state index in [0.29, 0.717) is 73.2 Å². The molecule has 0 unspecified atom stereocenters. The highest BCUT2D eigenvalue weighted by atomic mass is 79.9. The zero-order valence-electron chi connectivity index (χ0n) is 20.4. The van der Waals surface area contributed by atoms with Gasteiger partial charge in [0.05, 0.1) is 5.69 Å². The van der Waals surface area contributed by atoms with Crippen LogP contribution in [0.5, 0.6) is 0 Å². The maximum Gasteiger partial charge on any atom is 0.318 e. The number of rotatable bonds is 6. The number of nitrogens with zero attached hydrogens (tertiary/aromatic N) is 4. The van der Waals surface area contributed by atoms with Crippen LogP contribution < -0.4 is 21.7 Å². The van der Waals surface area contributed by atoms with Gasteiger partial charge < -0.3 is 31.5 Å². The van der Waals surface area contributed by atoms with Crippen molar-refractivity contribution in [2.24, 2.45) is 11.7 Å². The number of amides is 4. The second kappa shape index (κ2) is 12.1. The number of pyridine rings is 1. The molecule has 2 aliphatic rings. The number of hydrogen-bond acceptors (Lipinski definition) is 6. The third-order valence-corrected chi connectivity index (χ3v) is 8.29. The first kappa shape index (κ1) is 27.2. The molecule has 4 amide bonds. The van der Waals surface area contributed by atoms with Crippen LogP contribution in [0.25, 0.3) is 0 Å². The Kier molecular flexibility index (Phi) is 8.91. The molecule has 198 valence electrons. The SMILES string of the molecule is NC(=O)C1CCN(C(=O)N[C@H](Cc2cc(Br)c(N)c(Br)c2)C(=O)N2CCN(c3ccncc3)CC2)CC1. The van der Waals surface area contributed by atoms with Crippen LogP contribution >= 0.6 is 31.9 Å². The average Bonchev–Trinajstić information content (AvgIpc) is 2.91. The highest BCUT2D eigenvalue weighted by Crippen LogP contribution is 2.30. The molecular weight excluding hydrogens is 606 g/mol. The highest BCUT2D eigenvalue weighted by Gasteiger charge is 2.32. The number of piperidine rings is 1. The number of piperazine rings is 1. The Morgan fingerprint density at radius 2 is 1.57 bits per heavy atom. The molecule has 37 heavy (non-hydrogen) atoms. The van der Waals surface area contributed by atoms with Crippen molar-refractivity contribution in [1.29, 1.82) is 0 Å². The lowest BCUT2D eigenvalue weighted by atomic mass is 9.96. The third-order valence-electron chi connectivity index (χ3n) is 6.98. The van der Waals surface area contributed by atoms with Crippen LogP contribution in [0.2, 0.25) is 0 Å². The summed E-state index contributed by atoms with van der Waals surface area (Å²) in [6, 6.07) is 6.58. The van der Waals surface area contributed by atoms with E-state index in [9.17, 15) is 14.4 Å². The second-order valence-corrected chi connectivity index (χ2v) is 11.1. The zero-order valence-corrected chi connectivity index (χ0v) is 23.6. The Labute approximate surface area is 233 Å². The molecule has 3 heterocycles. The molecular formula is C25H31Br2N7O3. The number of nitrogens with two attached hydrogens (primary N) is 2. The molecule has 4 rings (SSSR count). The molecule has 1 atom stereocenters. The van der Waals surface area contributed by atoms with Crippen LogP contribution in [0.4, 0.5) is 16.2 Å². The van der Waals surface area contributed by atoms with Gasteiger partial charge in [-0.2, -0.15) is 0 Å². The van der Waals surface area contributed by atoms with Crippen molar-refractivity contribution in [2.75, 3.05) is 49.9 Å². The predicted octanol–water partition coefficient (Wildman–Crippen LogP) is 2.36. The topological polar surface area (TPSA) is 138 Å². The lowest BCUT2D eigenvalue weighted by Crippen LogP contribution is -2.57. The molecule has 0 aliphatic carbocycles. The second-order valence-electron chi connectivity index (χ2n) is 9.36. The minimum Gasteiger partial charge on any atom is -0.397 e. The molecule has 0 saturated carbocycles. The van der Waals surface area contributed by atoms with Gasteiger partial charge in [-0.05, 0) is 74.5 Å². The zero-order chi connectivity index (χ0) is 26.5. The number of anilines is 2. The van der Waals surface area contributed by atoms with Crippen molar-refractivity contribution in [3.63, 3.8) is 0 Å². The Hall–Kier alpha value is -2.86. The predicted molar refractivity (Wildman–Crippen MR) is 149 cm³/mol. The molecule has 1 aromatic carbocycles. The van der Waals surface area contributed by atoms with Gasteiger partial charge in [-0.15, -0.1) is 0 Å². The van der Waals surface area contributed by atoms with Gasteiger partial charge in [0, 0.05) is 78.6 Å². The summed E-state index contributed by atoms with van der Waals surface area (Å²) in [7, 11) is 0. The molecule has 2 saturated heterocycles. The van der Waals surface area contributed by atoms with E-state index in [1.54, 1.807) is 17.3 Å². The Morgan fingerprint density at radius 3 is 2.14 bits per heavy atom. The van der Waals surface area contributed by atoms with E-state index >= 15 is 0 Å². The Bertz CT molecular complexity index is 1110. The maximum atomic E-state index is 13.7. The molecule has 0 spiro atoms. The first-order valence-electron chi connectivity index (χ1n) is 12.2. The summed E-state index contributed by atoms with van der Waals surface area (Å²) in [5.74, 6) is -0.681. The number of benzene rings is 1. The summed E-state index contributed by atoms with van der Waals surface area (Å²) in [5, 5.41) is 2.97. The maximum absolute atomic E-state index is 13.7. The van der Waals surface area contributed by atoms with E-state index in [2.05, 4.69) is 47.1 Å². The standard InChI is InChI=1S/C25H31Br2N7O3/c26-19-13-16(14-20(27)22(19)28)15-21(31-25(37)34-7-3-17(4-8-34)23(29)35)24(36)33-11-9-32(10-12-33)18-1-5-30-6-2-18/h1-2,5-6,13-14,17,21H,3-4,7-12,15,28H2,(H2,29,35)(H,31,37)/t21-/m1/s1. The van der Waals surface area contributed by atoms with Gasteiger partial charge in [0.15, 0.2) is 0 Å². The fourth-order valence-electron chi connectivity index (χ4n) is 4.76. The number of nitrogen functional groups attached to an aromatic ring is 1. The number of carbonyl (C=O) groups excluding carboxylic acids is 3. The molecule has 10 nitrogen and oxygen atoms in total. The monoisotopic (exact) mass is 635 g/mol. The van der Waals surface area contributed by atoms with E-state index in [4.69, 9.17) is 11.5 Å². The molecule has 0 radical (unpaired) electrons. The van der Waals surface area contributed by atoms with Gasteiger partial charge in [0.2, 0.25) is 11.8 Å². The van der Waals surface area contributed by atoms with Crippen molar-refractivity contribution < 1.29 is 14.4 Å². The molecule has 12 heteroatoms. The first-order valence-corrected chi connectivity index (χ1v) is 13.8. The van der Waals surface area contributed by atoms with E-state index < -0.39 is 6.04 Å². The van der Waals surface area contributed by atoms with Gasteiger partial charge in [-0.25, -0.2) is 4.79 Å². The molecule has 1 aromatic heterocycles. The Morgan fingerprint density at radius 1 is 0.973 bits per heavy atom. The van der Waals surface area contributed by atoms with Gasteiger partial charge in [-0.1, -0.05) is 0 Å². The van der Waals surface area contributed by atoms with E-state index in [1.807, 2.05) is 29.2 Å². The van der Waals surface area contributed by atoms with Crippen molar-refractivity contribution >= 4 is 61.1 Å². The number of hydrogen-bond donors (Lipinski definition) is 3. The smallest absolute Gasteiger partial charge is 0.318 e.